The number of hydrogen-bond donors (Lipinski definition) is 0. The molecule has 0 N–H and O–H groups in total. The molecule has 86 valence electrons. The second-order valence-corrected chi connectivity index (χ2v) is 3.98. The lowest BCUT2D eigenvalue weighted by atomic mass is 10.3. The molecule has 3 nitrogen and oxygen atoms in total. The zero-order valence-electron chi connectivity index (χ0n) is 9.15. The second kappa shape index (κ2) is 4.51. The van der Waals surface area contributed by atoms with Crippen LogP contribution < -0.4 is 4.74 Å². The summed E-state index contributed by atoms with van der Waals surface area (Å²) in [7, 11) is 1.77. The predicted molar refractivity (Wildman–Crippen MR) is 57.7 cm³/mol. The Morgan fingerprint density at radius 1 is 1.56 bits per heavy atom. The Labute approximate surface area is 93.8 Å². The maximum atomic E-state index is 12.8. The molecule has 2 rings (SSSR count). The minimum Gasteiger partial charge on any atom is -0.484 e. The molecule has 0 aliphatic heterocycles. The number of carbonyl (C=O) groups excluding carboxylic acids is 1. The smallest absolute Gasteiger partial charge is 0.260 e. The van der Waals surface area contributed by atoms with E-state index in [-0.39, 0.29) is 18.3 Å². The standard InChI is InChI=1S/C12H14FNO2/c1-14(10-5-6-10)12(15)8-16-11-4-2-3-9(13)7-11/h2-4,7,10H,5-6,8H2,1H3. The summed E-state index contributed by atoms with van der Waals surface area (Å²) in [6, 6.07) is 6.17. The molecule has 1 aromatic carbocycles. The first kappa shape index (κ1) is 10.9. The normalized spacial score (nSPS) is 14.6. The van der Waals surface area contributed by atoms with Crippen LogP contribution in [0.25, 0.3) is 0 Å². The van der Waals surface area contributed by atoms with E-state index in [1.807, 2.05) is 0 Å². The van der Waals surface area contributed by atoms with Crippen molar-refractivity contribution in [3.05, 3.63) is 30.1 Å². The van der Waals surface area contributed by atoms with Crippen LogP contribution in [0.2, 0.25) is 0 Å². The van der Waals surface area contributed by atoms with E-state index in [4.69, 9.17) is 4.74 Å². The Hall–Kier alpha value is -1.58. The monoisotopic (exact) mass is 223 g/mol. The van der Waals surface area contributed by atoms with Gasteiger partial charge in [0.1, 0.15) is 11.6 Å². The fourth-order valence-corrected chi connectivity index (χ4v) is 1.47. The molecule has 1 amide bonds. The molecule has 4 heteroatoms. The van der Waals surface area contributed by atoms with Gasteiger partial charge in [0.15, 0.2) is 6.61 Å². The number of nitrogens with zero attached hydrogens (tertiary/aromatic N) is 1. The highest BCUT2D eigenvalue weighted by molar-refractivity contribution is 5.78. The Kier molecular flexibility index (Phi) is 3.08. The summed E-state index contributed by atoms with van der Waals surface area (Å²) in [5.41, 5.74) is 0. The van der Waals surface area contributed by atoms with Crippen molar-refractivity contribution >= 4 is 5.91 Å². The number of halogens is 1. The highest BCUT2D eigenvalue weighted by Gasteiger charge is 2.29. The summed E-state index contributed by atoms with van der Waals surface area (Å²) in [5, 5.41) is 0. The number of amides is 1. The Bertz CT molecular complexity index is 390. The molecule has 0 aromatic heterocycles. The number of benzene rings is 1. The number of carbonyl (C=O) groups is 1. The summed E-state index contributed by atoms with van der Waals surface area (Å²) < 4.78 is 18.0. The number of rotatable bonds is 4. The summed E-state index contributed by atoms with van der Waals surface area (Å²) in [6.45, 7) is -0.0313. The average Bonchev–Trinajstić information content (AvgIpc) is 3.09. The molecule has 1 saturated carbocycles. The predicted octanol–water partition coefficient (Wildman–Crippen LogP) is 1.83. The highest BCUT2D eigenvalue weighted by Crippen LogP contribution is 2.25. The Morgan fingerprint density at radius 2 is 2.31 bits per heavy atom. The van der Waals surface area contributed by atoms with Crippen molar-refractivity contribution < 1.29 is 13.9 Å². The van der Waals surface area contributed by atoms with Crippen LogP contribution in [0.1, 0.15) is 12.8 Å². The maximum Gasteiger partial charge on any atom is 0.260 e. The third-order valence-electron chi connectivity index (χ3n) is 2.65. The van der Waals surface area contributed by atoms with Gasteiger partial charge in [-0.1, -0.05) is 6.07 Å². The van der Waals surface area contributed by atoms with E-state index in [1.165, 1.54) is 12.1 Å². The molecule has 0 unspecified atom stereocenters. The fraction of sp³-hybridized carbons (Fsp3) is 0.417. The van der Waals surface area contributed by atoms with Crippen LogP contribution in [-0.4, -0.2) is 30.5 Å². The molecule has 0 saturated heterocycles. The van der Waals surface area contributed by atoms with E-state index in [9.17, 15) is 9.18 Å². The summed E-state index contributed by atoms with van der Waals surface area (Å²) in [6.07, 6.45) is 2.14. The summed E-state index contributed by atoms with van der Waals surface area (Å²) in [5.74, 6) is -0.0372. The lowest BCUT2D eigenvalue weighted by Gasteiger charge is -2.16. The fourth-order valence-electron chi connectivity index (χ4n) is 1.47. The van der Waals surface area contributed by atoms with Crippen LogP contribution in [0.5, 0.6) is 5.75 Å². The lowest BCUT2D eigenvalue weighted by molar-refractivity contribution is -0.132. The van der Waals surface area contributed by atoms with Crippen LogP contribution in [0.3, 0.4) is 0 Å². The van der Waals surface area contributed by atoms with E-state index in [0.29, 0.717) is 11.8 Å². The first-order chi connectivity index (χ1) is 7.66. The molecular weight excluding hydrogens is 209 g/mol. The largest absolute Gasteiger partial charge is 0.484 e. The van der Waals surface area contributed by atoms with Crippen LogP contribution in [0.4, 0.5) is 4.39 Å². The molecule has 0 radical (unpaired) electrons. The van der Waals surface area contributed by atoms with Gasteiger partial charge in [0.25, 0.3) is 5.91 Å². The quantitative estimate of drug-likeness (QED) is 0.779. The summed E-state index contributed by atoms with van der Waals surface area (Å²) >= 11 is 0. The SMILES string of the molecule is CN(C(=O)COc1cccc(F)c1)C1CC1. The molecule has 0 spiro atoms. The third-order valence-corrected chi connectivity index (χ3v) is 2.65. The van der Waals surface area contributed by atoms with Gasteiger partial charge in [-0.25, -0.2) is 4.39 Å². The topological polar surface area (TPSA) is 29.5 Å². The third kappa shape index (κ3) is 2.72. The minimum atomic E-state index is -0.361. The van der Waals surface area contributed by atoms with Crippen LogP contribution in [0, 0.1) is 5.82 Å². The van der Waals surface area contributed by atoms with Crippen LogP contribution in [-0.2, 0) is 4.79 Å². The van der Waals surface area contributed by atoms with Gasteiger partial charge in [0.2, 0.25) is 0 Å². The molecule has 0 bridgehead atoms. The zero-order valence-corrected chi connectivity index (χ0v) is 9.15. The van der Waals surface area contributed by atoms with Gasteiger partial charge in [-0.05, 0) is 25.0 Å². The van der Waals surface area contributed by atoms with E-state index < -0.39 is 0 Å². The van der Waals surface area contributed by atoms with Crippen molar-refractivity contribution in [2.45, 2.75) is 18.9 Å². The molecule has 0 heterocycles. The van der Waals surface area contributed by atoms with Gasteiger partial charge < -0.3 is 9.64 Å². The van der Waals surface area contributed by atoms with Gasteiger partial charge >= 0.3 is 0 Å². The first-order valence-electron chi connectivity index (χ1n) is 5.31. The van der Waals surface area contributed by atoms with Crippen LogP contribution in [0.15, 0.2) is 24.3 Å². The van der Waals surface area contributed by atoms with E-state index in [1.54, 1.807) is 24.1 Å². The van der Waals surface area contributed by atoms with Crippen LogP contribution >= 0.6 is 0 Å². The van der Waals surface area contributed by atoms with Gasteiger partial charge in [0, 0.05) is 19.2 Å². The first-order valence-corrected chi connectivity index (χ1v) is 5.31. The van der Waals surface area contributed by atoms with Crippen molar-refractivity contribution in [1.82, 2.24) is 4.90 Å². The van der Waals surface area contributed by atoms with Crippen molar-refractivity contribution in [3.63, 3.8) is 0 Å². The number of likely N-dealkylation sites (N-methyl/N-ethyl adjacent to an activating group) is 1. The lowest BCUT2D eigenvalue weighted by Crippen LogP contribution is -2.33. The van der Waals surface area contributed by atoms with E-state index in [0.717, 1.165) is 12.8 Å². The van der Waals surface area contributed by atoms with Crippen molar-refractivity contribution in [1.29, 1.82) is 0 Å². The molecule has 1 fully saturated rings. The number of ether oxygens (including phenoxy) is 1. The molecular formula is C12H14FNO2. The van der Waals surface area contributed by atoms with Gasteiger partial charge in [-0.15, -0.1) is 0 Å². The van der Waals surface area contributed by atoms with Crippen molar-refractivity contribution in [3.8, 4) is 5.75 Å². The maximum absolute atomic E-state index is 12.8. The van der Waals surface area contributed by atoms with Crippen molar-refractivity contribution in [2.24, 2.45) is 0 Å². The zero-order chi connectivity index (χ0) is 11.5. The molecule has 1 aliphatic carbocycles. The summed E-state index contributed by atoms with van der Waals surface area (Å²) in [4.78, 5) is 13.3. The average molecular weight is 223 g/mol. The van der Waals surface area contributed by atoms with Crippen molar-refractivity contribution in [2.75, 3.05) is 13.7 Å². The number of hydrogen-bond acceptors (Lipinski definition) is 2. The second-order valence-electron chi connectivity index (χ2n) is 3.98. The van der Waals surface area contributed by atoms with Gasteiger partial charge in [-0.3, -0.25) is 4.79 Å². The minimum absolute atomic E-state index is 0.0313. The molecule has 1 aromatic rings. The van der Waals surface area contributed by atoms with E-state index >= 15 is 0 Å². The molecule has 1 aliphatic rings. The van der Waals surface area contributed by atoms with Gasteiger partial charge in [0.05, 0.1) is 0 Å². The van der Waals surface area contributed by atoms with E-state index in [2.05, 4.69) is 0 Å². The Balaban J connectivity index is 1.84. The molecule has 0 atom stereocenters. The molecule has 16 heavy (non-hydrogen) atoms. The highest BCUT2D eigenvalue weighted by atomic mass is 19.1. The van der Waals surface area contributed by atoms with Gasteiger partial charge in [-0.2, -0.15) is 0 Å². The Morgan fingerprint density at radius 3 is 2.94 bits per heavy atom.